The van der Waals surface area contributed by atoms with Gasteiger partial charge in [0, 0.05) is 18.9 Å². The minimum absolute atomic E-state index is 0.0938. The molecule has 1 aliphatic heterocycles. The monoisotopic (exact) mass is 499 g/mol. The van der Waals surface area contributed by atoms with E-state index in [1.165, 1.54) is 6.42 Å². The summed E-state index contributed by atoms with van der Waals surface area (Å²) in [4.78, 5) is 49.6. The van der Waals surface area contributed by atoms with Crippen LogP contribution in [0, 0.1) is 17.8 Å². The summed E-state index contributed by atoms with van der Waals surface area (Å²) in [6, 6.07) is 8.39. The average Bonchev–Trinajstić information content (AvgIpc) is 3.27. The third-order valence-electron chi connectivity index (χ3n) is 7.22. The van der Waals surface area contributed by atoms with Crippen LogP contribution in [-0.2, 0) is 25.5 Å². The van der Waals surface area contributed by atoms with Gasteiger partial charge in [-0.3, -0.25) is 9.59 Å². The second kappa shape index (κ2) is 14.0. The standard InChI is InChI=1S/C28H41N3O5/c1-19(2)15-24(27(34)30-23(18-32)17-22-13-14-29-26(22)33)31-28(35)36-25(21-11-7-4-8-12-21)16-20-9-5-3-6-10-20/h3,5-6,9-10,18-19,21-25H,4,7-8,11-17H2,1-2H3,(H,29,33)(H,30,34)(H,31,35). The minimum atomic E-state index is -0.832. The van der Waals surface area contributed by atoms with E-state index in [4.69, 9.17) is 4.74 Å². The molecule has 1 aromatic carbocycles. The molecule has 0 aromatic heterocycles. The van der Waals surface area contributed by atoms with Crippen LogP contribution in [0.2, 0.25) is 0 Å². The van der Waals surface area contributed by atoms with Crippen molar-refractivity contribution in [2.24, 2.45) is 17.8 Å². The Kier molecular flexibility index (Phi) is 10.8. The zero-order valence-electron chi connectivity index (χ0n) is 21.5. The van der Waals surface area contributed by atoms with Crippen LogP contribution < -0.4 is 16.0 Å². The highest BCUT2D eigenvalue weighted by molar-refractivity contribution is 5.88. The van der Waals surface area contributed by atoms with Crippen LogP contribution in [0.1, 0.15) is 70.8 Å². The van der Waals surface area contributed by atoms with Gasteiger partial charge in [-0.15, -0.1) is 0 Å². The highest BCUT2D eigenvalue weighted by Gasteiger charge is 2.32. The van der Waals surface area contributed by atoms with E-state index in [1.54, 1.807) is 0 Å². The van der Waals surface area contributed by atoms with Gasteiger partial charge < -0.3 is 25.5 Å². The lowest BCUT2D eigenvalue weighted by Crippen LogP contribution is -2.51. The van der Waals surface area contributed by atoms with Crippen LogP contribution >= 0.6 is 0 Å². The lowest BCUT2D eigenvalue weighted by atomic mass is 9.83. The van der Waals surface area contributed by atoms with Gasteiger partial charge >= 0.3 is 6.09 Å². The molecule has 1 saturated heterocycles. The molecule has 0 radical (unpaired) electrons. The van der Waals surface area contributed by atoms with E-state index in [0.717, 1.165) is 31.2 Å². The maximum atomic E-state index is 13.1. The van der Waals surface area contributed by atoms with Gasteiger partial charge in [0.1, 0.15) is 18.4 Å². The molecule has 3 amide bonds. The molecule has 2 aliphatic rings. The van der Waals surface area contributed by atoms with Crippen LogP contribution in [0.5, 0.6) is 0 Å². The molecule has 0 spiro atoms. The van der Waals surface area contributed by atoms with Crippen LogP contribution in [0.4, 0.5) is 4.79 Å². The summed E-state index contributed by atoms with van der Waals surface area (Å²) in [5.41, 5.74) is 1.11. The smallest absolute Gasteiger partial charge is 0.408 e. The lowest BCUT2D eigenvalue weighted by Gasteiger charge is -2.31. The van der Waals surface area contributed by atoms with Gasteiger partial charge in [-0.1, -0.05) is 63.4 Å². The number of amides is 3. The number of ether oxygens (including phenoxy) is 1. The summed E-state index contributed by atoms with van der Waals surface area (Å²) in [5.74, 6) is -0.401. The average molecular weight is 500 g/mol. The molecular weight excluding hydrogens is 458 g/mol. The van der Waals surface area contributed by atoms with E-state index < -0.39 is 24.1 Å². The molecule has 3 N–H and O–H groups in total. The number of hydrogen-bond donors (Lipinski definition) is 3. The third-order valence-corrected chi connectivity index (χ3v) is 7.22. The van der Waals surface area contributed by atoms with Gasteiger partial charge in [-0.25, -0.2) is 4.79 Å². The number of benzene rings is 1. The van der Waals surface area contributed by atoms with Gasteiger partial charge in [0.25, 0.3) is 0 Å². The van der Waals surface area contributed by atoms with Gasteiger partial charge in [-0.05, 0) is 49.5 Å². The van der Waals surface area contributed by atoms with Gasteiger partial charge in [0.15, 0.2) is 0 Å². The van der Waals surface area contributed by atoms with Crippen molar-refractivity contribution in [2.45, 2.75) is 89.8 Å². The second-order valence-electron chi connectivity index (χ2n) is 10.6. The Morgan fingerprint density at radius 3 is 2.42 bits per heavy atom. The molecule has 8 heteroatoms. The van der Waals surface area contributed by atoms with Crippen molar-refractivity contribution in [3.05, 3.63) is 35.9 Å². The number of nitrogens with one attached hydrogen (secondary N) is 3. The fourth-order valence-electron chi connectivity index (χ4n) is 5.28. The zero-order chi connectivity index (χ0) is 25.9. The molecule has 8 nitrogen and oxygen atoms in total. The Bertz CT molecular complexity index is 869. The van der Waals surface area contributed by atoms with Gasteiger partial charge in [0.2, 0.25) is 11.8 Å². The molecular formula is C28H41N3O5. The molecule has 3 rings (SSSR count). The molecule has 1 heterocycles. The van der Waals surface area contributed by atoms with Crippen LogP contribution in [0.3, 0.4) is 0 Å². The van der Waals surface area contributed by atoms with Crippen molar-refractivity contribution in [3.8, 4) is 0 Å². The number of alkyl carbamates (subject to hydrolysis) is 1. The van der Waals surface area contributed by atoms with Crippen molar-refractivity contribution >= 4 is 24.2 Å². The molecule has 4 atom stereocenters. The van der Waals surface area contributed by atoms with Gasteiger partial charge in [-0.2, -0.15) is 0 Å². The molecule has 198 valence electrons. The van der Waals surface area contributed by atoms with Crippen molar-refractivity contribution in [2.75, 3.05) is 6.54 Å². The van der Waals surface area contributed by atoms with Crippen molar-refractivity contribution in [1.29, 1.82) is 0 Å². The van der Waals surface area contributed by atoms with Crippen LogP contribution in [-0.4, -0.2) is 48.9 Å². The summed E-state index contributed by atoms with van der Waals surface area (Å²) in [5, 5.41) is 8.24. The van der Waals surface area contributed by atoms with Crippen molar-refractivity contribution in [1.82, 2.24) is 16.0 Å². The Hall–Kier alpha value is -2.90. The highest BCUT2D eigenvalue weighted by Crippen LogP contribution is 2.30. The minimum Gasteiger partial charge on any atom is -0.446 e. The Labute approximate surface area is 214 Å². The highest BCUT2D eigenvalue weighted by atomic mass is 16.6. The molecule has 0 bridgehead atoms. The summed E-state index contributed by atoms with van der Waals surface area (Å²) < 4.78 is 5.96. The Balaban J connectivity index is 1.63. The quantitative estimate of drug-likeness (QED) is 0.381. The van der Waals surface area contributed by atoms with E-state index in [0.29, 0.717) is 38.0 Å². The predicted octanol–water partition coefficient (Wildman–Crippen LogP) is 3.53. The van der Waals surface area contributed by atoms with E-state index in [1.807, 2.05) is 44.2 Å². The van der Waals surface area contributed by atoms with Crippen LogP contribution in [0.25, 0.3) is 0 Å². The fourth-order valence-corrected chi connectivity index (χ4v) is 5.28. The van der Waals surface area contributed by atoms with E-state index in [9.17, 15) is 19.2 Å². The number of carbonyl (C=O) groups excluding carboxylic acids is 4. The topological polar surface area (TPSA) is 114 Å². The zero-order valence-corrected chi connectivity index (χ0v) is 21.5. The molecule has 4 unspecified atom stereocenters. The molecule has 36 heavy (non-hydrogen) atoms. The maximum Gasteiger partial charge on any atom is 0.408 e. The lowest BCUT2D eigenvalue weighted by molar-refractivity contribution is -0.127. The third kappa shape index (κ3) is 8.64. The SMILES string of the molecule is CC(C)CC(NC(=O)OC(Cc1ccccc1)C1CCCCC1)C(=O)NC(C=O)CC1CCNC1=O. The fraction of sp³-hybridized carbons (Fsp3) is 0.643. The normalized spacial score (nSPS) is 20.8. The second-order valence-corrected chi connectivity index (χ2v) is 10.6. The predicted molar refractivity (Wildman–Crippen MR) is 137 cm³/mol. The Morgan fingerprint density at radius 2 is 1.81 bits per heavy atom. The number of hydrogen-bond acceptors (Lipinski definition) is 5. The first-order chi connectivity index (χ1) is 17.4. The first-order valence-corrected chi connectivity index (χ1v) is 13.4. The van der Waals surface area contributed by atoms with Crippen molar-refractivity contribution < 1.29 is 23.9 Å². The molecule has 1 aromatic rings. The summed E-state index contributed by atoms with van der Waals surface area (Å²) >= 11 is 0. The van der Waals surface area contributed by atoms with Gasteiger partial charge in [0.05, 0.1) is 6.04 Å². The number of rotatable bonds is 12. The molecule has 2 fully saturated rings. The van der Waals surface area contributed by atoms with Crippen LogP contribution in [0.15, 0.2) is 30.3 Å². The number of carbonyl (C=O) groups is 4. The summed E-state index contributed by atoms with van der Waals surface area (Å²) in [7, 11) is 0. The first-order valence-electron chi connectivity index (χ1n) is 13.4. The first kappa shape index (κ1) is 27.7. The Morgan fingerprint density at radius 1 is 1.08 bits per heavy atom. The molecule has 1 aliphatic carbocycles. The van der Waals surface area contributed by atoms with Crippen molar-refractivity contribution in [3.63, 3.8) is 0 Å². The van der Waals surface area contributed by atoms with E-state index in [-0.39, 0.29) is 30.3 Å². The number of aldehydes is 1. The van der Waals surface area contributed by atoms with E-state index in [2.05, 4.69) is 16.0 Å². The summed E-state index contributed by atoms with van der Waals surface area (Å²) in [6.45, 7) is 4.51. The maximum absolute atomic E-state index is 13.1. The largest absolute Gasteiger partial charge is 0.446 e. The molecule has 1 saturated carbocycles. The summed E-state index contributed by atoms with van der Waals surface area (Å²) in [6.07, 6.45) is 7.23. The van der Waals surface area contributed by atoms with E-state index >= 15 is 0 Å².